The zero-order valence-electron chi connectivity index (χ0n) is 29.8. The van der Waals surface area contributed by atoms with Crippen LogP contribution in [0.2, 0.25) is 0 Å². The zero-order chi connectivity index (χ0) is 34.9. The number of nitrogens with zero attached hydrogens (tertiary/aromatic N) is 4. The highest BCUT2D eigenvalue weighted by Crippen LogP contribution is 2.26. The Morgan fingerprint density at radius 3 is 1.45 bits per heavy atom. The summed E-state index contributed by atoms with van der Waals surface area (Å²) < 4.78 is 10.8. The lowest BCUT2D eigenvalue weighted by atomic mass is 9.86. The van der Waals surface area contributed by atoms with Gasteiger partial charge in [0.1, 0.15) is 11.6 Å². The normalized spacial score (nSPS) is 24.2. The highest BCUT2D eigenvalue weighted by atomic mass is 16.5. The highest BCUT2D eigenvalue weighted by molar-refractivity contribution is 5.97. The van der Waals surface area contributed by atoms with Crippen molar-refractivity contribution in [3.63, 3.8) is 0 Å². The van der Waals surface area contributed by atoms with Crippen molar-refractivity contribution in [2.45, 2.75) is 84.8 Å². The summed E-state index contributed by atoms with van der Waals surface area (Å²) >= 11 is 0. The van der Waals surface area contributed by atoms with Gasteiger partial charge in [-0.05, 0) is 76.6 Å². The minimum Gasteiger partial charge on any atom is -0.393 e. The predicted molar refractivity (Wildman–Crippen MR) is 189 cm³/mol. The van der Waals surface area contributed by atoms with E-state index in [1.54, 1.807) is 0 Å². The van der Waals surface area contributed by atoms with Gasteiger partial charge in [-0.25, -0.2) is 9.97 Å². The monoisotopic (exact) mass is 680 g/mol. The Morgan fingerprint density at radius 2 is 1.06 bits per heavy atom. The van der Waals surface area contributed by atoms with Gasteiger partial charge in [0, 0.05) is 51.1 Å². The molecule has 270 valence electrons. The summed E-state index contributed by atoms with van der Waals surface area (Å²) in [6, 6.07) is 3.97. The van der Waals surface area contributed by atoms with Gasteiger partial charge in [-0.1, -0.05) is 19.3 Å². The van der Waals surface area contributed by atoms with Crippen LogP contribution >= 0.6 is 0 Å². The lowest BCUT2D eigenvalue weighted by Gasteiger charge is -2.29. The molecule has 4 fully saturated rings. The number of ether oxygens (including phenoxy) is 2. The summed E-state index contributed by atoms with van der Waals surface area (Å²) in [6.45, 7) is 14.9. The molecule has 49 heavy (non-hydrogen) atoms. The van der Waals surface area contributed by atoms with Crippen molar-refractivity contribution in [3.8, 4) is 0 Å². The summed E-state index contributed by atoms with van der Waals surface area (Å²) in [4.78, 5) is 38.9. The maximum atomic E-state index is 12.7. The van der Waals surface area contributed by atoms with E-state index >= 15 is 0 Å². The maximum absolute atomic E-state index is 12.7. The van der Waals surface area contributed by atoms with E-state index in [2.05, 4.69) is 30.4 Å². The fourth-order valence-corrected chi connectivity index (χ4v) is 7.52. The summed E-state index contributed by atoms with van der Waals surface area (Å²) in [5.41, 5.74) is 4.69. The van der Waals surface area contributed by atoms with Crippen molar-refractivity contribution < 1.29 is 29.3 Å². The number of carbonyl (C=O) groups excluding carboxylic acids is 2. The molecular formula is C37H56N6O6. The van der Waals surface area contributed by atoms with Crippen molar-refractivity contribution in [2.24, 2.45) is 11.8 Å². The second-order valence-electron chi connectivity index (χ2n) is 14.0. The second-order valence-corrected chi connectivity index (χ2v) is 14.0. The molecule has 2 saturated carbocycles. The Hall–Kier alpha value is -3.32. The second kappa shape index (κ2) is 17.6. The minimum atomic E-state index is -0.293. The van der Waals surface area contributed by atoms with Gasteiger partial charge in [-0.2, -0.15) is 0 Å². The maximum Gasteiger partial charge on any atom is 0.253 e. The number of hydrogen-bond donors (Lipinski definition) is 4. The number of nitrogens with one attached hydrogen (secondary N) is 2. The van der Waals surface area contributed by atoms with Gasteiger partial charge in [0.25, 0.3) is 11.8 Å². The number of aliphatic hydroxyl groups excluding tert-OH is 2. The fraction of sp³-hybridized carbons (Fsp3) is 0.676. The number of aryl methyl sites for hydroxylation is 4. The summed E-state index contributed by atoms with van der Waals surface area (Å²) in [7, 11) is 0. The van der Waals surface area contributed by atoms with Gasteiger partial charge >= 0.3 is 0 Å². The predicted octanol–water partition coefficient (Wildman–Crippen LogP) is 3.24. The van der Waals surface area contributed by atoms with E-state index in [0.29, 0.717) is 50.6 Å². The van der Waals surface area contributed by atoms with E-state index < -0.39 is 0 Å². The molecule has 12 heteroatoms. The number of hydrogen-bond acceptors (Lipinski definition) is 10. The fourth-order valence-electron chi connectivity index (χ4n) is 7.52. The quantitative estimate of drug-likeness (QED) is 0.328. The van der Waals surface area contributed by atoms with E-state index in [1.807, 2.05) is 39.8 Å². The third-order valence-corrected chi connectivity index (χ3v) is 10.4. The van der Waals surface area contributed by atoms with Crippen LogP contribution in [0.3, 0.4) is 0 Å². The first-order valence-corrected chi connectivity index (χ1v) is 18.2. The molecule has 12 nitrogen and oxygen atoms in total. The molecule has 0 spiro atoms. The molecule has 4 heterocycles. The van der Waals surface area contributed by atoms with Crippen LogP contribution in [0.15, 0.2) is 12.1 Å². The van der Waals surface area contributed by atoms with Crippen molar-refractivity contribution in [3.05, 3.63) is 45.8 Å². The average molecular weight is 681 g/mol. The van der Waals surface area contributed by atoms with Crippen molar-refractivity contribution in [1.82, 2.24) is 20.6 Å². The molecule has 2 aliphatic heterocycles. The topological polar surface area (TPSA) is 149 Å². The smallest absolute Gasteiger partial charge is 0.253 e. The SMILES string of the molecule is Cc1cc(N2CCOCC2)nc(C)c1C(=O)NCC1CCCC1O.Cc1cc(N2CCOCC2)nc(C)c1C(=O)NCC1CCCCC1O. The van der Waals surface area contributed by atoms with E-state index in [4.69, 9.17) is 9.47 Å². The van der Waals surface area contributed by atoms with Crippen LogP contribution in [0.1, 0.15) is 88.2 Å². The number of carbonyl (C=O) groups is 2. The lowest BCUT2D eigenvalue weighted by molar-refractivity contribution is 0.0662. The number of rotatable bonds is 8. The lowest BCUT2D eigenvalue weighted by Crippen LogP contribution is -2.38. The van der Waals surface area contributed by atoms with Crippen LogP contribution in [-0.2, 0) is 9.47 Å². The molecule has 6 rings (SSSR count). The van der Waals surface area contributed by atoms with E-state index in [-0.39, 0.29) is 35.9 Å². The Balaban J connectivity index is 0.000000191. The minimum absolute atomic E-state index is 0.0891. The molecule has 0 bridgehead atoms. The molecule has 2 amide bonds. The molecule has 2 aliphatic carbocycles. The first kappa shape index (κ1) is 36.9. The molecular weight excluding hydrogens is 624 g/mol. The summed E-state index contributed by atoms with van der Waals surface area (Å²) in [6.07, 6.45) is 6.31. The molecule has 4 aliphatic rings. The van der Waals surface area contributed by atoms with E-state index in [9.17, 15) is 19.8 Å². The Labute approximate surface area is 291 Å². The van der Waals surface area contributed by atoms with Crippen molar-refractivity contribution >= 4 is 23.5 Å². The first-order valence-electron chi connectivity index (χ1n) is 18.2. The van der Waals surface area contributed by atoms with Crippen LogP contribution in [-0.4, -0.2) is 110 Å². The Kier molecular flexibility index (Phi) is 13.2. The van der Waals surface area contributed by atoms with Crippen molar-refractivity contribution in [1.29, 1.82) is 0 Å². The largest absolute Gasteiger partial charge is 0.393 e. The zero-order valence-corrected chi connectivity index (χ0v) is 29.8. The number of aromatic nitrogens is 2. The molecule has 4 N–H and O–H groups in total. The van der Waals surface area contributed by atoms with Gasteiger partial charge in [0.05, 0.1) is 61.2 Å². The molecule has 2 aromatic rings. The molecule has 4 unspecified atom stereocenters. The Morgan fingerprint density at radius 1 is 0.673 bits per heavy atom. The number of pyridine rings is 2. The van der Waals surface area contributed by atoms with Crippen LogP contribution in [0.25, 0.3) is 0 Å². The summed E-state index contributed by atoms with van der Waals surface area (Å²) in [5.74, 6) is 1.99. The van der Waals surface area contributed by atoms with Gasteiger partial charge in [0.2, 0.25) is 0 Å². The van der Waals surface area contributed by atoms with Gasteiger partial charge < -0.3 is 40.1 Å². The van der Waals surface area contributed by atoms with Crippen LogP contribution in [0.4, 0.5) is 11.6 Å². The molecule has 0 radical (unpaired) electrons. The number of morpholine rings is 2. The number of amides is 2. The van der Waals surface area contributed by atoms with Crippen LogP contribution in [0, 0.1) is 39.5 Å². The Bertz CT molecular complexity index is 1380. The third kappa shape index (κ3) is 9.68. The molecule has 0 aromatic carbocycles. The average Bonchev–Trinajstić information content (AvgIpc) is 3.51. The van der Waals surface area contributed by atoms with Gasteiger partial charge in [0.15, 0.2) is 0 Å². The number of aliphatic hydroxyl groups is 2. The summed E-state index contributed by atoms with van der Waals surface area (Å²) in [5, 5.41) is 25.9. The molecule has 4 atom stereocenters. The van der Waals surface area contributed by atoms with Gasteiger partial charge in [-0.3, -0.25) is 9.59 Å². The van der Waals surface area contributed by atoms with E-state index in [0.717, 1.165) is 105 Å². The standard InChI is InChI=1S/C19H29N3O3.C18H27N3O3/c1-13-11-17(22-7-9-25-10-8-22)21-14(2)18(13)19(24)20-12-15-5-3-4-6-16(15)23;1-12-10-16(21-6-8-24-9-7-21)20-13(2)17(12)18(23)19-11-14-4-3-5-15(14)22/h11,15-16,23H,3-10,12H2,1-2H3,(H,20,24);10,14-15,22H,3-9,11H2,1-2H3,(H,19,23). The number of anilines is 2. The molecule has 2 aromatic heterocycles. The third-order valence-electron chi connectivity index (χ3n) is 10.4. The van der Waals surface area contributed by atoms with Crippen molar-refractivity contribution in [2.75, 3.05) is 75.5 Å². The van der Waals surface area contributed by atoms with Crippen LogP contribution in [0.5, 0.6) is 0 Å². The highest BCUT2D eigenvalue weighted by Gasteiger charge is 2.27. The van der Waals surface area contributed by atoms with E-state index in [1.165, 1.54) is 0 Å². The molecule has 2 saturated heterocycles. The van der Waals surface area contributed by atoms with Gasteiger partial charge in [-0.15, -0.1) is 0 Å². The van der Waals surface area contributed by atoms with Crippen LogP contribution < -0.4 is 20.4 Å². The first-order chi connectivity index (χ1) is 23.6.